The second-order valence-electron chi connectivity index (χ2n) is 6.51. The van der Waals surface area contributed by atoms with E-state index in [1.165, 1.54) is 50.8 Å². The first-order valence-electron chi connectivity index (χ1n) is 8.20. The number of likely N-dealkylation sites (tertiary alicyclic amines) is 1. The lowest BCUT2D eigenvalue weighted by Crippen LogP contribution is -2.59. The van der Waals surface area contributed by atoms with Crippen LogP contribution >= 0.6 is 0 Å². The van der Waals surface area contributed by atoms with Gasteiger partial charge in [-0.2, -0.15) is 0 Å². The van der Waals surface area contributed by atoms with Crippen LogP contribution in [0.5, 0.6) is 0 Å². The minimum absolute atomic E-state index is 0.396. The molecule has 0 radical (unpaired) electrons. The molecule has 0 saturated carbocycles. The van der Waals surface area contributed by atoms with Crippen molar-refractivity contribution < 1.29 is 4.74 Å². The average Bonchev–Trinajstić information content (AvgIpc) is 2.48. The minimum atomic E-state index is 0.396. The summed E-state index contributed by atoms with van der Waals surface area (Å²) in [5.41, 5.74) is 1.87. The highest BCUT2D eigenvalue weighted by molar-refractivity contribution is 5.17. The smallest absolute Gasteiger partial charge is 0.0559 e. The normalized spacial score (nSPS) is 24.1. The first kappa shape index (κ1) is 14.1. The van der Waals surface area contributed by atoms with Gasteiger partial charge in [-0.3, -0.25) is 4.90 Å². The predicted molar refractivity (Wildman–Crippen MR) is 82.9 cm³/mol. The van der Waals surface area contributed by atoms with Crippen LogP contribution < -0.4 is 0 Å². The zero-order chi connectivity index (χ0) is 13.8. The van der Waals surface area contributed by atoms with Crippen molar-refractivity contribution in [2.45, 2.75) is 45.1 Å². The second kappa shape index (κ2) is 6.28. The summed E-state index contributed by atoms with van der Waals surface area (Å²) in [5.74, 6) is 0. The van der Waals surface area contributed by atoms with Gasteiger partial charge in [0.1, 0.15) is 0 Å². The van der Waals surface area contributed by atoms with E-state index in [-0.39, 0.29) is 0 Å². The van der Waals surface area contributed by atoms with Crippen LogP contribution in [0.15, 0.2) is 30.3 Å². The molecular formula is C18H27NO. The summed E-state index contributed by atoms with van der Waals surface area (Å²) in [5, 5.41) is 0. The highest BCUT2D eigenvalue weighted by atomic mass is 16.5. The van der Waals surface area contributed by atoms with Crippen LogP contribution in [-0.2, 0) is 11.2 Å². The summed E-state index contributed by atoms with van der Waals surface area (Å²) in [7, 11) is 0. The van der Waals surface area contributed by atoms with Crippen LogP contribution in [0.2, 0.25) is 0 Å². The molecule has 1 aromatic carbocycles. The second-order valence-corrected chi connectivity index (χ2v) is 6.51. The van der Waals surface area contributed by atoms with Gasteiger partial charge in [-0.25, -0.2) is 0 Å². The van der Waals surface area contributed by atoms with Gasteiger partial charge >= 0.3 is 0 Å². The monoisotopic (exact) mass is 273 g/mol. The maximum Gasteiger partial charge on any atom is 0.0559 e. The summed E-state index contributed by atoms with van der Waals surface area (Å²) in [6.07, 6.45) is 6.56. The largest absolute Gasteiger partial charge is 0.380 e. The van der Waals surface area contributed by atoms with Crippen LogP contribution in [0.1, 0.15) is 38.2 Å². The van der Waals surface area contributed by atoms with E-state index in [9.17, 15) is 0 Å². The fourth-order valence-electron chi connectivity index (χ4n) is 3.80. The summed E-state index contributed by atoms with van der Waals surface area (Å²) < 4.78 is 5.61. The summed E-state index contributed by atoms with van der Waals surface area (Å²) in [6, 6.07) is 11.7. The van der Waals surface area contributed by atoms with Crippen LogP contribution in [0, 0.1) is 5.41 Å². The molecule has 2 aliphatic rings. The maximum absolute atomic E-state index is 5.61. The van der Waals surface area contributed by atoms with E-state index >= 15 is 0 Å². The highest BCUT2D eigenvalue weighted by Crippen LogP contribution is 2.40. The van der Waals surface area contributed by atoms with E-state index in [4.69, 9.17) is 4.74 Å². The molecule has 2 aliphatic heterocycles. The van der Waals surface area contributed by atoms with Crippen molar-refractivity contribution in [1.29, 1.82) is 0 Å². The average molecular weight is 273 g/mol. The molecule has 0 bridgehead atoms. The molecule has 2 nitrogen and oxygen atoms in total. The lowest BCUT2D eigenvalue weighted by molar-refractivity contribution is -0.158. The molecule has 1 atom stereocenters. The number of hydrogen-bond acceptors (Lipinski definition) is 2. The number of rotatable bonds is 5. The van der Waals surface area contributed by atoms with Gasteiger partial charge in [-0.1, -0.05) is 43.7 Å². The summed E-state index contributed by atoms with van der Waals surface area (Å²) in [6.45, 7) is 6.80. The third-order valence-electron chi connectivity index (χ3n) is 5.29. The first-order chi connectivity index (χ1) is 9.84. The Morgan fingerprint density at radius 1 is 1.10 bits per heavy atom. The summed E-state index contributed by atoms with van der Waals surface area (Å²) >= 11 is 0. The molecule has 0 N–H and O–H groups in total. The molecule has 0 amide bonds. The molecule has 1 aromatic rings. The van der Waals surface area contributed by atoms with Crippen molar-refractivity contribution >= 4 is 0 Å². The van der Waals surface area contributed by atoms with Crippen LogP contribution in [0.25, 0.3) is 0 Å². The molecule has 2 saturated heterocycles. The maximum atomic E-state index is 5.61. The van der Waals surface area contributed by atoms with E-state index in [1.807, 2.05) is 0 Å². The van der Waals surface area contributed by atoms with E-state index in [2.05, 4.69) is 42.2 Å². The Kier molecular flexibility index (Phi) is 4.42. The molecule has 0 aliphatic carbocycles. The lowest BCUT2D eigenvalue weighted by atomic mass is 9.72. The number of ether oxygens (including phenoxy) is 1. The fraction of sp³-hybridized carbons (Fsp3) is 0.667. The third kappa shape index (κ3) is 2.77. The molecule has 1 unspecified atom stereocenters. The van der Waals surface area contributed by atoms with Gasteiger partial charge in [-0.05, 0) is 44.3 Å². The van der Waals surface area contributed by atoms with Gasteiger partial charge in [0.2, 0.25) is 0 Å². The van der Waals surface area contributed by atoms with Crippen LogP contribution in [0.3, 0.4) is 0 Å². The number of piperidine rings is 1. The number of nitrogens with zero attached hydrogens (tertiary/aromatic N) is 1. The molecule has 0 aromatic heterocycles. The molecular weight excluding hydrogens is 246 g/mol. The van der Waals surface area contributed by atoms with Crippen molar-refractivity contribution in [1.82, 2.24) is 4.90 Å². The van der Waals surface area contributed by atoms with E-state index in [0.29, 0.717) is 11.5 Å². The van der Waals surface area contributed by atoms with Crippen molar-refractivity contribution in [3.8, 4) is 0 Å². The topological polar surface area (TPSA) is 12.5 Å². The van der Waals surface area contributed by atoms with Gasteiger partial charge < -0.3 is 4.74 Å². The van der Waals surface area contributed by atoms with E-state index in [0.717, 1.165) is 13.2 Å². The van der Waals surface area contributed by atoms with Gasteiger partial charge in [0.15, 0.2) is 0 Å². The molecule has 0 spiro atoms. The predicted octanol–water partition coefficient (Wildman–Crippen LogP) is 3.51. The van der Waals surface area contributed by atoms with Crippen LogP contribution in [-0.4, -0.2) is 37.2 Å². The Hall–Kier alpha value is -0.860. The summed E-state index contributed by atoms with van der Waals surface area (Å²) in [4.78, 5) is 2.75. The Bertz CT molecular complexity index is 401. The Labute approximate surface area is 123 Å². The first-order valence-corrected chi connectivity index (χ1v) is 8.20. The third-order valence-corrected chi connectivity index (χ3v) is 5.29. The van der Waals surface area contributed by atoms with E-state index < -0.39 is 0 Å². The van der Waals surface area contributed by atoms with Crippen LogP contribution in [0.4, 0.5) is 0 Å². The number of hydrogen-bond donors (Lipinski definition) is 0. The molecule has 3 rings (SSSR count). The van der Waals surface area contributed by atoms with Gasteiger partial charge in [-0.15, -0.1) is 0 Å². The molecule has 20 heavy (non-hydrogen) atoms. The fourth-order valence-corrected chi connectivity index (χ4v) is 3.80. The van der Waals surface area contributed by atoms with Crippen molar-refractivity contribution in [2.24, 2.45) is 5.41 Å². The molecule has 2 heterocycles. The zero-order valence-electron chi connectivity index (χ0n) is 12.7. The zero-order valence-corrected chi connectivity index (χ0v) is 12.7. The quantitative estimate of drug-likeness (QED) is 0.814. The van der Waals surface area contributed by atoms with Gasteiger partial charge in [0.05, 0.1) is 13.2 Å². The molecule has 2 heteroatoms. The van der Waals surface area contributed by atoms with E-state index in [1.54, 1.807) is 0 Å². The standard InChI is InChI=1S/C18H27NO/c1-2-18(14-20-15-18)17(19-11-7-4-8-12-19)13-16-9-5-3-6-10-16/h3,5-6,9-10,17H,2,4,7-8,11-15H2,1H3. The van der Waals surface area contributed by atoms with Gasteiger partial charge in [0.25, 0.3) is 0 Å². The SMILES string of the molecule is CCC1(C(Cc2ccccc2)N2CCCCC2)COC1. The number of benzene rings is 1. The Morgan fingerprint density at radius 3 is 2.35 bits per heavy atom. The van der Waals surface area contributed by atoms with Crippen molar-refractivity contribution in [2.75, 3.05) is 26.3 Å². The minimum Gasteiger partial charge on any atom is -0.380 e. The molecule has 110 valence electrons. The van der Waals surface area contributed by atoms with Crippen molar-refractivity contribution in [3.63, 3.8) is 0 Å². The van der Waals surface area contributed by atoms with Crippen molar-refractivity contribution in [3.05, 3.63) is 35.9 Å². The molecule has 2 fully saturated rings. The van der Waals surface area contributed by atoms with Gasteiger partial charge in [0, 0.05) is 11.5 Å². The lowest BCUT2D eigenvalue weighted by Gasteiger charge is -2.52. The highest BCUT2D eigenvalue weighted by Gasteiger charge is 2.46. The Balaban J connectivity index is 1.79. The Morgan fingerprint density at radius 2 is 1.80 bits per heavy atom.